The molecule has 2 fully saturated rings. The Labute approximate surface area is 87.5 Å². The van der Waals surface area contributed by atoms with Crippen molar-refractivity contribution in [2.75, 3.05) is 7.11 Å². The van der Waals surface area contributed by atoms with Gasteiger partial charge in [0.05, 0.1) is 12.9 Å². The topological polar surface area (TPSA) is 9.23 Å². The van der Waals surface area contributed by atoms with Crippen molar-refractivity contribution in [3.05, 3.63) is 11.3 Å². The molecule has 0 unspecified atom stereocenters. The Kier molecular flexibility index (Phi) is 3.15. The van der Waals surface area contributed by atoms with Crippen LogP contribution in [0.15, 0.2) is 11.3 Å². The standard InChI is InChI=1S/C13H22O/c1-3-10-4-6-11(7-5-10)13(14-2)12-8-9-12/h10-11H,3-9H2,1-2H3. The Morgan fingerprint density at radius 3 is 2.29 bits per heavy atom. The van der Waals surface area contributed by atoms with E-state index in [2.05, 4.69) is 6.92 Å². The van der Waals surface area contributed by atoms with Gasteiger partial charge in [0.2, 0.25) is 0 Å². The molecule has 1 nitrogen and oxygen atoms in total. The highest BCUT2D eigenvalue weighted by Crippen LogP contribution is 2.41. The van der Waals surface area contributed by atoms with Crippen LogP contribution < -0.4 is 0 Å². The molecule has 0 bridgehead atoms. The van der Waals surface area contributed by atoms with E-state index in [4.69, 9.17) is 4.74 Å². The van der Waals surface area contributed by atoms with Crippen molar-refractivity contribution < 1.29 is 4.74 Å². The van der Waals surface area contributed by atoms with E-state index in [9.17, 15) is 0 Å². The van der Waals surface area contributed by atoms with Crippen molar-refractivity contribution >= 4 is 0 Å². The largest absolute Gasteiger partial charge is 0.501 e. The Morgan fingerprint density at radius 2 is 1.86 bits per heavy atom. The second-order valence-corrected chi connectivity index (χ2v) is 4.80. The van der Waals surface area contributed by atoms with Gasteiger partial charge in [-0.25, -0.2) is 0 Å². The van der Waals surface area contributed by atoms with Gasteiger partial charge in [-0.3, -0.25) is 0 Å². The van der Waals surface area contributed by atoms with Gasteiger partial charge in [-0.05, 0) is 50.0 Å². The molecule has 2 aliphatic carbocycles. The van der Waals surface area contributed by atoms with Crippen molar-refractivity contribution in [2.45, 2.75) is 51.9 Å². The fourth-order valence-electron chi connectivity index (χ4n) is 2.74. The van der Waals surface area contributed by atoms with Crippen LogP contribution in [0.5, 0.6) is 0 Å². The normalized spacial score (nSPS) is 31.4. The van der Waals surface area contributed by atoms with E-state index in [0.717, 1.165) is 11.8 Å². The van der Waals surface area contributed by atoms with E-state index in [1.54, 1.807) is 5.57 Å². The molecule has 2 aliphatic rings. The summed E-state index contributed by atoms with van der Waals surface area (Å²) in [5.41, 5.74) is 1.60. The summed E-state index contributed by atoms with van der Waals surface area (Å²) in [5.74, 6) is 3.12. The molecule has 0 saturated heterocycles. The Hall–Kier alpha value is -0.460. The van der Waals surface area contributed by atoms with Crippen LogP contribution in [0.3, 0.4) is 0 Å². The number of hydrogen-bond donors (Lipinski definition) is 0. The lowest BCUT2D eigenvalue weighted by Crippen LogP contribution is -2.16. The first-order valence-electron chi connectivity index (χ1n) is 6.11. The predicted octanol–water partition coefficient (Wildman–Crippen LogP) is 3.90. The van der Waals surface area contributed by atoms with E-state index in [1.807, 2.05) is 7.11 Å². The van der Waals surface area contributed by atoms with Crippen molar-refractivity contribution in [3.63, 3.8) is 0 Å². The molecule has 80 valence electrons. The summed E-state index contributed by atoms with van der Waals surface area (Å²) in [6, 6.07) is 0. The van der Waals surface area contributed by atoms with Crippen molar-refractivity contribution in [3.8, 4) is 0 Å². The maximum absolute atomic E-state index is 5.56. The SMILES string of the molecule is CCC1CCC(C(OC)=C2CC2)CC1. The van der Waals surface area contributed by atoms with Gasteiger partial charge in [0.1, 0.15) is 0 Å². The molecule has 0 atom stereocenters. The number of allylic oxidation sites excluding steroid dienone is 2. The molecule has 0 radical (unpaired) electrons. The lowest BCUT2D eigenvalue weighted by atomic mass is 9.80. The molecule has 2 rings (SSSR count). The second-order valence-electron chi connectivity index (χ2n) is 4.80. The van der Waals surface area contributed by atoms with E-state index in [1.165, 1.54) is 50.7 Å². The average molecular weight is 194 g/mol. The lowest BCUT2D eigenvalue weighted by molar-refractivity contribution is 0.190. The molecular weight excluding hydrogens is 172 g/mol. The minimum absolute atomic E-state index is 0.764. The molecule has 0 heterocycles. The van der Waals surface area contributed by atoms with Gasteiger partial charge in [-0.15, -0.1) is 0 Å². The fourth-order valence-corrected chi connectivity index (χ4v) is 2.74. The van der Waals surface area contributed by atoms with Crippen LogP contribution in [0, 0.1) is 11.8 Å². The summed E-state index contributed by atoms with van der Waals surface area (Å²) in [7, 11) is 1.85. The number of rotatable bonds is 3. The fraction of sp³-hybridized carbons (Fsp3) is 0.846. The first kappa shape index (κ1) is 10.1. The average Bonchev–Trinajstić information content (AvgIpc) is 3.04. The quantitative estimate of drug-likeness (QED) is 0.619. The van der Waals surface area contributed by atoms with Gasteiger partial charge in [0, 0.05) is 5.92 Å². The van der Waals surface area contributed by atoms with Gasteiger partial charge in [0.25, 0.3) is 0 Å². The van der Waals surface area contributed by atoms with Crippen LogP contribution in [0.1, 0.15) is 51.9 Å². The Morgan fingerprint density at radius 1 is 1.21 bits per heavy atom. The van der Waals surface area contributed by atoms with Gasteiger partial charge in [-0.1, -0.05) is 13.3 Å². The van der Waals surface area contributed by atoms with Crippen LogP contribution in [0.25, 0.3) is 0 Å². The summed E-state index contributed by atoms with van der Waals surface area (Å²) < 4.78 is 5.56. The molecule has 0 spiro atoms. The maximum Gasteiger partial charge on any atom is 0.0978 e. The molecule has 0 aromatic carbocycles. The zero-order valence-corrected chi connectivity index (χ0v) is 9.51. The number of ether oxygens (including phenoxy) is 1. The van der Waals surface area contributed by atoms with Gasteiger partial charge < -0.3 is 4.74 Å². The molecule has 0 N–H and O–H groups in total. The summed E-state index contributed by atoms with van der Waals surface area (Å²) in [5, 5.41) is 0. The maximum atomic E-state index is 5.56. The highest BCUT2D eigenvalue weighted by atomic mass is 16.5. The smallest absolute Gasteiger partial charge is 0.0978 e. The highest BCUT2D eigenvalue weighted by molar-refractivity contribution is 5.23. The third-order valence-electron chi connectivity index (χ3n) is 3.86. The van der Waals surface area contributed by atoms with Crippen LogP contribution >= 0.6 is 0 Å². The van der Waals surface area contributed by atoms with E-state index < -0.39 is 0 Å². The van der Waals surface area contributed by atoms with Crippen molar-refractivity contribution in [1.29, 1.82) is 0 Å². The van der Waals surface area contributed by atoms with Gasteiger partial charge in [-0.2, -0.15) is 0 Å². The minimum Gasteiger partial charge on any atom is -0.501 e. The van der Waals surface area contributed by atoms with E-state index in [0.29, 0.717) is 0 Å². The highest BCUT2D eigenvalue weighted by Gasteiger charge is 2.28. The summed E-state index contributed by atoms with van der Waals surface area (Å²) in [4.78, 5) is 0. The molecule has 2 saturated carbocycles. The third-order valence-corrected chi connectivity index (χ3v) is 3.86. The monoisotopic (exact) mass is 194 g/mol. The summed E-state index contributed by atoms with van der Waals surface area (Å²) >= 11 is 0. The Bertz CT molecular complexity index is 215. The molecule has 1 heteroatoms. The number of methoxy groups -OCH3 is 1. The molecule has 0 aromatic heterocycles. The predicted molar refractivity (Wildman–Crippen MR) is 59.0 cm³/mol. The van der Waals surface area contributed by atoms with Gasteiger partial charge in [0.15, 0.2) is 0 Å². The second kappa shape index (κ2) is 4.37. The zero-order chi connectivity index (χ0) is 9.97. The van der Waals surface area contributed by atoms with Crippen LogP contribution in [0.2, 0.25) is 0 Å². The van der Waals surface area contributed by atoms with Crippen molar-refractivity contribution in [1.82, 2.24) is 0 Å². The van der Waals surface area contributed by atoms with E-state index >= 15 is 0 Å². The third kappa shape index (κ3) is 2.13. The first-order valence-corrected chi connectivity index (χ1v) is 6.11. The van der Waals surface area contributed by atoms with Crippen LogP contribution in [-0.2, 0) is 4.74 Å². The van der Waals surface area contributed by atoms with E-state index in [-0.39, 0.29) is 0 Å². The summed E-state index contributed by atoms with van der Waals surface area (Å²) in [6.07, 6.45) is 9.54. The molecule has 0 aromatic rings. The van der Waals surface area contributed by atoms with Gasteiger partial charge >= 0.3 is 0 Å². The molecule has 14 heavy (non-hydrogen) atoms. The van der Waals surface area contributed by atoms with Crippen molar-refractivity contribution in [2.24, 2.45) is 11.8 Å². The minimum atomic E-state index is 0.764. The number of hydrogen-bond acceptors (Lipinski definition) is 1. The lowest BCUT2D eigenvalue weighted by Gasteiger charge is -2.28. The zero-order valence-electron chi connectivity index (χ0n) is 9.51. The first-order chi connectivity index (χ1) is 6.85. The molecule has 0 aliphatic heterocycles. The molecule has 0 amide bonds. The Balaban J connectivity index is 1.91. The molecular formula is C13H22O. The van der Waals surface area contributed by atoms with Crippen LogP contribution in [-0.4, -0.2) is 7.11 Å². The van der Waals surface area contributed by atoms with Crippen LogP contribution in [0.4, 0.5) is 0 Å². The summed E-state index contributed by atoms with van der Waals surface area (Å²) in [6.45, 7) is 2.32.